The number of carbonyl (C=O) groups is 1. The third-order valence-corrected chi connectivity index (χ3v) is 10.5. The van der Waals surface area contributed by atoms with Gasteiger partial charge in [-0.3, -0.25) is 0 Å². The number of hydrogen-bond acceptors (Lipinski definition) is 11. The number of hydrogen-bond donors (Lipinski definition) is 4. The highest BCUT2D eigenvalue weighted by molar-refractivity contribution is 5.93. The van der Waals surface area contributed by atoms with Crippen LogP contribution in [0.5, 0.6) is 11.5 Å². The SMILES string of the molecule is Cc1ccc2c(N3CC[C@@H](CN)C3)nc(-c3ccccc3O)nc2c1.Cc1ccc2c(N3CC[C@@H](CNC(=O)OCC(C)C)C3)nc(-c3ccccc3O)nc2c1. The van der Waals surface area contributed by atoms with Gasteiger partial charge >= 0.3 is 6.09 Å². The number of aromatic hydroxyl groups is 2. The minimum absolute atomic E-state index is 0.161. The van der Waals surface area contributed by atoms with Gasteiger partial charge in [0.15, 0.2) is 11.6 Å². The molecule has 2 fully saturated rings. The number of carbonyl (C=O) groups excluding carboxylic acids is 1. The van der Waals surface area contributed by atoms with Crippen LogP contribution in [0.1, 0.15) is 37.8 Å². The molecule has 2 aromatic heterocycles. The van der Waals surface area contributed by atoms with Gasteiger partial charge < -0.3 is 35.8 Å². The predicted octanol–water partition coefficient (Wildman–Crippen LogP) is 7.62. The Morgan fingerprint density at radius 2 is 1.25 bits per heavy atom. The first kappa shape index (κ1) is 39.2. The van der Waals surface area contributed by atoms with E-state index in [9.17, 15) is 15.0 Å². The van der Waals surface area contributed by atoms with Gasteiger partial charge in [0.05, 0.1) is 28.8 Å². The van der Waals surface area contributed by atoms with Crippen molar-refractivity contribution < 1.29 is 19.7 Å². The summed E-state index contributed by atoms with van der Waals surface area (Å²) in [4.78, 5) is 35.6. The average Bonchev–Trinajstić information content (AvgIpc) is 3.89. The third-order valence-electron chi connectivity index (χ3n) is 10.5. The molecule has 4 aromatic carbocycles. The largest absolute Gasteiger partial charge is 0.507 e. The molecule has 0 saturated carbocycles. The first-order chi connectivity index (χ1) is 27.6. The quantitative estimate of drug-likeness (QED) is 0.115. The normalized spacial score (nSPS) is 16.6. The van der Waals surface area contributed by atoms with E-state index in [0.717, 1.165) is 83.6 Å². The monoisotopic (exact) mass is 768 g/mol. The Morgan fingerprint density at radius 1 is 0.754 bits per heavy atom. The van der Waals surface area contributed by atoms with Gasteiger partial charge in [-0.25, -0.2) is 24.7 Å². The highest BCUT2D eigenvalue weighted by Gasteiger charge is 2.27. The van der Waals surface area contributed by atoms with Gasteiger partial charge in [-0.2, -0.15) is 0 Å². The molecular formula is C45H52N8O4. The molecule has 12 nitrogen and oxygen atoms in total. The van der Waals surface area contributed by atoms with Gasteiger partial charge in [0.25, 0.3) is 0 Å². The van der Waals surface area contributed by atoms with Crippen LogP contribution in [-0.4, -0.2) is 82.1 Å². The van der Waals surface area contributed by atoms with Crippen LogP contribution in [0.3, 0.4) is 0 Å². The van der Waals surface area contributed by atoms with Crippen molar-refractivity contribution in [2.45, 2.75) is 40.5 Å². The maximum absolute atomic E-state index is 11.9. The number of nitrogens with zero attached hydrogens (tertiary/aromatic N) is 6. The molecule has 2 aliphatic rings. The third kappa shape index (κ3) is 9.18. The van der Waals surface area contributed by atoms with Gasteiger partial charge in [0.1, 0.15) is 23.1 Å². The molecule has 2 atom stereocenters. The lowest BCUT2D eigenvalue weighted by Gasteiger charge is -2.21. The first-order valence-electron chi connectivity index (χ1n) is 19.8. The van der Waals surface area contributed by atoms with Gasteiger partial charge in [0, 0.05) is 43.5 Å². The molecule has 0 spiro atoms. The number of ether oxygens (including phenoxy) is 1. The summed E-state index contributed by atoms with van der Waals surface area (Å²) in [7, 11) is 0. The maximum atomic E-state index is 11.9. The highest BCUT2D eigenvalue weighted by atomic mass is 16.5. The van der Waals surface area contributed by atoms with Crippen LogP contribution in [-0.2, 0) is 4.74 Å². The molecule has 296 valence electrons. The lowest BCUT2D eigenvalue weighted by atomic mass is 10.1. The fourth-order valence-corrected chi connectivity index (χ4v) is 7.42. The average molecular weight is 769 g/mol. The van der Waals surface area contributed by atoms with E-state index in [0.29, 0.717) is 60.2 Å². The predicted molar refractivity (Wildman–Crippen MR) is 227 cm³/mol. The van der Waals surface area contributed by atoms with Crippen LogP contribution in [0.25, 0.3) is 44.6 Å². The van der Waals surface area contributed by atoms with Crippen LogP contribution >= 0.6 is 0 Å². The number of aryl methyl sites for hydroxylation is 2. The molecule has 6 aromatic rings. The van der Waals surface area contributed by atoms with E-state index in [1.165, 1.54) is 0 Å². The van der Waals surface area contributed by atoms with Crippen molar-refractivity contribution in [3.05, 3.63) is 96.1 Å². The Hall–Kier alpha value is -6.01. The number of nitrogens with two attached hydrogens (primary N) is 1. The summed E-state index contributed by atoms with van der Waals surface area (Å²) in [5, 5.41) is 25.5. The molecule has 2 aliphatic heterocycles. The zero-order valence-corrected chi connectivity index (χ0v) is 33.2. The van der Waals surface area contributed by atoms with Gasteiger partial charge in [-0.05, 0) is 111 Å². The second-order valence-corrected chi connectivity index (χ2v) is 15.6. The number of phenolic OH excluding ortho intramolecular Hbond substituents is 2. The minimum Gasteiger partial charge on any atom is -0.507 e. The molecule has 12 heteroatoms. The Morgan fingerprint density at radius 3 is 1.72 bits per heavy atom. The van der Waals surface area contributed by atoms with Gasteiger partial charge in [-0.1, -0.05) is 50.2 Å². The number of rotatable bonds is 9. The second-order valence-electron chi connectivity index (χ2n) is 15.6. The van der Waals surface area contributed by atoms with Crippen molar-refractivity contribution in [1.82, 2.24) is 25.3 Å². The van der Waals surface area contributed by atoms with E-state index in [1.54, 1.807) is 24.3 Å². The standard InChI is InChI=1S/C25H30N4O3.C20H22N4O/c1-16(2)15-32-25(31)26-13-18-10-11-29(14-18)24-19-9-8-17(3)12-21(19)27-23(28-24)20-6-4-5-7-22(20)30;1-13-6-7-15-17(10-13)22-19(16-4-2-3-5-18(16)25)23-20(15)24-9-8-14(11-21)12-24/h4-9,12,16,18,30H,10-11,13-15H2,1-3H3,(H,26,31);2-7,10,14,25H,8-9,11-12,21H2,1H3/t18-;14-/m00/s1. The van der Waals surface area contributed by atoms with Crippen molar-refractivity contribution in [2.24, 2.45) is 23.5 Å². The molecule has 0 aliphatic carbocycles. The highest BCUT2D eigenvalue weighted by Crippen LogP contribution is 2.35. The van der Waals surface area contributed by atoms with Gasteiger partial charge in [-0.15, -0.1) is 0 Å². The molecule has 0 unspecified atom stereocenters. The Bertz CT molecular complexity index is 2370. The number of aromatic nitrogens is 4. The Labute approximate surface area is 333 Å². The van der Waals surface area contributed by atoms with Crippen LogP contribution < -0.4 is 20.9 Å². The van der Waals surface area contributed by atoms with E-state index in [4.69, 9.17) is 30.4 Å². The molecule has 2 saturated heterocycles. The maximum Gasteiger partial charge on any atom is 0.407 e. The van der Waals surface area contributed by atoms with Crippen LogP contribution in [0, 0.1) is 31.6 Å². The fourth-order valence-electron chi connectivity index (χ4n) is 7.42. The number of alkyl carbamates (subject to hydrolysis) is 1. The number of nitrogens with one attached hydrogen (secondary N) is 1. The zero-order chi connectivity index (χ0) is 40.1. The summed E-state index contributed by atoms with van der Waals surface area (Å²) >= 11 is 0. The summed E-state index contributed by atoms with van der Waals surface area (Å²) in [5.41, 5.74) is 11.2. The summed E-state index contributed by atoms with van der Waals surface area (Å²) < 4.78 is 5.21. The number of para-hydroxylation sites is 2. The number of benzene rings is 4. The summed E-state index contributed by atoms with van der Waals surface area (Å²) in [5.74, 6) is 4.34. The molecule has 4 heterocycles. The van der Waals surface area contributed by atoms with Crippen molar-refractivity contribution in [3.8, 4) is 34.3 Å². The van der Waals surface area contributed by atoms with Crippen LogP contribution in [0.4, 0.5) is 16.4 Å². The number of anilines is 2. The lowest BCUT2D eigenvalue weighted by molar-refractivity contribution is 0.132. The molecule has 1 amide bonds. The number of phenols is 2. The van der Waals surface area contributed by atoms with Crippen LogP contribution in [0.2, 0.25) is 0 Å². The van der Waals surface area contributed by atoms with Crippen molar-refractivity contribution in [3.63, 3.8) is 0 Å². The smallest absolute Gasteiger partial charge is 0.407 e. The van der Waals surface area contributed by atoms with Crippen molar-refractivity contribution in [1.29, 1.82) is 0 Å². The zero-order valence-electron chi connectivity index (χ0n) is 33.2. The minimum atomic E-state index is -0.359. The first-order valence-corrected chi connectivity index (χ1v) is 19.8. The lowest BCUT2D eigenvalue weighted by Crippen LogP contribution is -2.32. The summed E-state index contributed by atoms with van der Waals surface area (Å²) in [6.45, 7) is 13.3. The van der Waals surface area contributed by atoms with Gasteiger partial charge in [0.2, 0.25) is 0 Å². The van der Waals surface area contributed by atoms with E-state index in [-0.39, 0.29) is 17.6 Å². The summed E-state index contributed by atoms with van der Waals surface area (Å²) in [6.07, 6.45) is 1.68. The molecular weight excluding hydrogens is 717 g/mol. The Balaban J connectivity index is 0.000000179. The van der Waals surface area contributed by atoms with E-state index < -0.39 is 0 Å². The number of amides is 1. The molecule has 57 heavy (non-hydrogen) atoms. The summed E-state index contributed by atoms with van der Waals surface area (Å²) in [6, 6.07) is 26.8. The molecule has 0 radical (unpaired) electrons. The topological polar surface area (TPSA) is 163 Å². The number of fused-ring (bicyclic) bond motifs is 2. The van der Waals surface area contributed by atoms with Crippen LogP contribution in [0.15, 0.2) is 84.9 Å². The Kier molecular flexibility index (Phi) is 12.0. The van der Waals surface area contributed by atoms with Crippen molar-refractivity contribution in [2.75, 3.05) is 55.7 Å². The second kappa shape index (κ2) is 17.4. The molecule has 5 N–H and O–H groups in total. The molecule has 8 rings (SSSR count). The molecule has 0 bridgehead atoms. The van der Waals surface area contributed by atoms with E-state index in [2.05, 4.69) is 52.4 Å². The van der Waals surface area contributed by atoms with E-state index in [1.807, 2.05) is 51.1 Å². The van der Waals surface area contributed by atoms with Crippen molar-refractivity contribution >= 4 is 39.5 Å². The van der Waals surface area contributed by atoms with E-state index >= 15 is 0 Å². The fraction of sp³-hybridized carbons (Fsp3) is 0.356.